The van der Waals surface area contributed by atoms with Crippen molar-refractivity contribution < 1.29 is 8.78 Å². The molecule has 0 aliphatic carbocycles. The molecule has 1 aliphatic heterocycles. The van der Waals surface area contributed by atoms with Gasteiger partial charge in [-0.2, -0.15) is 0 Å². The molecule has 1 aliphatic rings. The van der Waals surface area contributed by atoms with Crippen LogP contribution in [0.5, 0.6) is 0 Å². The van der Waals surface area contributed by atoms with Crippen LogP contribution in [-0.4, -0.2) is 18.0 Å². The van der Waals surface area contributed by atoms with E-state index < -0.39 is 11.6 Å². The van der Waals surface area contributed by atoms with Crippen molar-refractivity contribution in [2.75, 3.05) is 13.1 Å². The van der Waals surface area contributed by atoms with E-state index in [0.29, 0.717) is 16.6 Å². The van der Waals surface area contributed by atoms with Gasteiger partial charge in [0.1, 0.15) is 0 Å². The molecule has 0 spiro atoms. The molecular weight excluding hydrogens is 252 g/mol. The number of benzene rings is 1. The smallest absolute Gasteiger partial charge is 0.164 e. The predicted molar refractivity (Wildman–Crippen MR) is 54.0 cm³/mol. The molecule has 1 aromatic carbocycles. The number of nitrogens with zero attached hydrogens (tertiary/aromatic N) is 1. The average molecular weight is 262 g/mol. The molecule has 0 radical (unpaired) electrons. The van der Waals surface area contributed by atoms with Gasteiger partial charge in [-0.25, -0.2) is 8.78 Å². The van der Waals surface area contributed by atoms with E-state index in [1.807, 2.05) is 0 Å². The van der Waals surface area contributed by atoms with Gasteiger partial charge in [0.15, 0.2) is 11.6 Å². The molecule has 0 unspecified atom stereocenters. The molecule has 0 aromatic heterocycles. The summed E-state index contributed by atoms with van der Waals surface area (Å²) in [6, 6.07) is 2.69. The Morgan fingerprint density at radius 1 is 1.29 bits per heavy atom. The van der Waals surface area contributed by atoms with Gasteiger partial charge in [0.2, 0.25) is 0 Å². The van der Waals surface area contributed by atoms with Crippen LogP contribution in [0, 0.1) is 11.6 Å². The highest BCUT2D eigenvalue weighted by atomic mass is 79.9. The molecule has 76 valence electrons. The van der Waals surface area contributed by atoms with E-state index in [1.165, 1.54) is 0 Å². The highest BCUT2D eigenvalue weighted by Gasteiger charge is 2.19. The number of hydrogen-bond acceptors (Lipinski definition) is 1. The second-order valence-corrected chi connectivity index (χ2v) is 4.31. The summed E-state index contributed by atoms with van der Waals surface area (Å²) in [4.78, 5) is 2.09. The van der Waals surface area contributed by atoms with E-state index in [2.05, 4.69) is 20.8 Å². The van der Waals surface area contributed by atoms with E-state index in [-0.39, 0.29) is 0 Å². The highest BCUT2D eigenvalue weighted by molar-refractivity contribution is 9.10. The average Bonchev–Trinajstić information content (AvgIpc) is 2.09. The molecule has 1 heterocycles. The zero-order valence-electron chi connectivity index (χ0n) is 7.56. The van der Waals surface area contributed by atoms with Gasteiger partial charge in [-0.05, 0) is 31.6 Å². The van der Waals surface area contributed by atoms with Gasteiger partial charge in [0, 0.05) is 16.6 Å². The third-order valence-corrected chi connectivity index (χ3v) is 3.21. The number of hydrogen-bond donors (Lipinski definition) is 0. The van der Waals surface area contributed by atoms with Gasteiger partial charge in [-0.15, -0.1) is 0 Å². The van der Waals surface area contributed by atoms with Gasteiger partial charge >= 0.3 is 0 Å². The van der Waals surface area contributed by atoms with Crippen molar-refractivity contribution in [1.82, 2.24) is 4.90 Å². The summed E-state index contributed by atoms with van der Waals surface area (Å²) in [5.74, 6) is -1.50. The molecule has 1 saturated heterocycles. The topological polar surface area (TPSA) is 3.24 Å². The summed E-state index contributed by atoms with van der Waals surface area (Å²) in [5, 5.41) is 0. The molecule has 1 nitrogen and oxygen atoms in total. The van der Waals surface area contributed by atoms with Crippen LogP contribution in [0.15, 0.2) is 16.6 Å². The van der Waals surface area contributed by atoms with Crippen LogP contribution in [0.1, 0.15) is 12.0 Å². The van der Waals surface area contributed by atoms with Gasteiger partial charge in [-0.3, -0.25) is 4.90 Å². The predicted octanol–water partition coefficient (Wildman–Crippen LogP) is 2.93. The van der Waals surface area contributed by atoms with Crippen LogP contribution in [0.25, 0.3) is 0 Å². The zero-order chi connectivity index (χ0) is 10.1. The molecule has 14 heavy (non-hydrogen) atoms. The van der Waals surface area contributed by atoms with E-state index in [1.54, 1.807) is 6.07 Å². The quantitative estimate of drug-likeness (QED) is 0.741. The lowest BCUT2D eigenvalue weighted by Gasteiger charge is -2.31. The highest BCUT2D eigenvalue weighted by Crippen LogP contribution is 2.25. The standard InChI is InChI=1S/C10H10BrF2N/c11-8-2-3-9(12)10(13)7(8)6-14-4-1-5-14/h2-3H,1,4-6H2. The van der Waals surface area contributed by atoms with E-state index in [4.69, 9.17) is 0 Å². The summed E-state index contributed by atoms with van der Waals surface area (Å²) in [6.07, 6.45) is 1.15. The Labute approximate surface area is 89.8 Å². The van der Waals surface area contributed by atoms with Crippen molar-refractivity contribution in [3.05, 3.63) is 33.8 Å². The van der Waals surface area contributed by atoms with E-state index >= 15 is 0 Å². The van der Waals surface area contributed by atoms with Crippen LogP contribution in [0.2, 0.25) is 0 Å². The molecule has 4 heteroatoms. The molecule has 0 N–H and O–H groups in total. The second-order valence-electron chi connectivity index (χ2n) is 3.45. The first kappa shape index (κ1) is 10.1. The van der Waals surface area contributed by atoms with Crippen molar-refractivity contribution in [2.45, 2.75) is 13.0 Å². The molecule has 2 rings (SSSR count). The maximum Gasteiger partial charge on any atom is 0.164 e. The summed E-state index contributed by atoms with van der Waals surface area (Å²) in [5.41, 5.74) is 0.421. The number of likely N-dealkylation sites (tertiary alicyclic amines) is 1. The van der Waals surface area contributed by atoms with Gasteiger partial charge < -0.3 is 0 Å². The first-order valence-corrected chi connectivity index (χ1v) is 5.32. The lowest BCUT2D eigenvalue weighted by molar-refractivity contribution is 0.169. The van der Waals surface area contributed by atoms with Crippen LogP contribution >= 0.6 is 15.9 Å². The lowest BCUT2D eigenvalue weighted by atomic mass is 10.1. The molecule has 1 aromatic rings. The Bertz CT molecular complexity index is 350. The largest absolute Gasteiger partial charge is 0.299 e. The number of rotatable bonds is 2. The fraction of sp³-hybridized carbons (Fsp3) is 0.400. The SMILES string of the molecule is Fc1ccc(Br)c(CN2CCC2)c1F. The second kappa shape index (κ2) is 3.95. The Morgan fingerprint density at radius 3 is 2.57 bits per heavy atom. The van der Waals surface area contributed by atoms with Crippen LogP contribution in [-0.2, 0) is 6.54 Å². The van der Waals surface area contributed by atoms with Gasteiger partial charge in [-0.1, -0.05) is 15.9 Å². The molecule has 0 atom stereocenters. The molecular formula is C10H10BrF2N. The summed E-state index contributed by atoms with van der Waals surface area (Å²) >= 11 is 3.23. The Balaban J connectivity index is 2.25. The molecule has 1 fully saturated rings. The minimum atomic E-state index is -0.774. The van der Waals surface area contributed by atoms with Crippen LogP contribution in [0.4, 0.5) is 8.78 Å². The van der Waals surface area contributed by atoms with Crippen molar-refractivity contribution in [3.8, 4) is 0 Å². The van der Waals surface area contributed by atoms with Gasteiger partial charge in [0.05, 0.1) is 0 Å². The fourth-order valence-electron chi connectivity index (χ4n) is 1.48. The molecule has 0 saturated carbocycles. The van der Waals surface area contributed by atoms with Crippen molar-refractivity contribution in [2.24, 2.45) is 0 Å². The third-order valence-electron chi connectivity index (χ3n) is 2.47. The first-order chi connectivity index (χ1) is 6.68. The number of halogens is 3. The van der Waals surface area contributed by atoms with Crippen molar-refractivity contribution in [3.63, 3.8) is 0 Å². The summed E-state index contributed by atoms with van der Waals surface area (Å²) in [7, 11) is 0. The van der Waals surface area contributed by atoms with Crippen molar-refractivity contribution in [1.29, 1.82) is 0 Å². The van der Waals surface area contributed by atoms with Crippen molar-refractivity contribution >= 4 is 15.9 Å². The van der Waals surface area contributed by atoms with Crippen LogP contribution < -0.4 is 0 Å². The minimum absolute atomic E-state index is 0.421. The Morgan fingerprint density at radius 2 is 2.00 bits per heavy atom. The third kappa shape index (κ3) is 1.81. The summed E-state index contributed by atoms with van der Waals surface area (Å²) in [6.45, 7) is 2.44. The monoisotopic (exact) mass is 261 g/mol. The normalized spacial score (nSPS) is 16.8. The van der Waals surface area contributed by atoms with Gasteiger partial charge in [0.25, 0.3) is 0 Å². The Kier molecular flexibility index (Phi) is 2.83. The Hall–Kier alpha value is -0.480. The summed E-state index contributed by atoms with van der Waals surface area (Å²) < 4.78 is 26.9. The van der Waals surface area contributed by atoms with E-state index in [9.17, 15) is 8.78 Å². The molecule has 0 bridgehead atoms. The molecule has 0 amide bonds. The minimum Gasteiger partial charge on any atom is -0.299 e. The lowest BCUT2D eigenvalue weighted by Crippen LogP contribution is -2.36. The zero-order valence-corrected chi connectivity index (χ0v) is 9.15. The van der Waals surface area contributed by atoms with E-state index in [0.717, 1.165) is 25.6 Å². The first-order valence-electron chi connectivity index (χ1n) is 4.53. The fourth-order valence-corrected chi connectivity index (χ4v) is 1.91. The maximum absolute atomic E-state index is 13.4. The maximum atomic E-state index is 13.4. The van der Waals surface area contributed by atoms with Crippen LogP contribution in [0.3, 0.4) is 0 Å².